The van der Waals surface area contributed by atoms with E-state index in [0.717, 1.165) is 11.1 Å². The van der Waals surface area contributed by atoms with Gasteiger partial charge in [-0.05, 0) is 53.7 Å². The molecular weight excluding hydrogens is 470 g/mol. The van der Waals surface area contributed by atoms with Gasteiger partial charge in [-0.15, -0.1) is 0 Å². The highest BCUT2D eigenvalue weighted by molar-refractivity contribution is 6.15. The molecule has 1 saturated carbocycles. The Kier molecular flexibility index (Phi) is 8.43. The van der Waals surface area contributed by atoms with Crippen molar-refractivity contribution in [2.75, 3.05) is 11.9 Å². The number of esters is 3. The van der Waals surface area contributed by atoms with Crippen molar-refractivity contribution >= 4 is 29.7 Å². The molecule has 37 heavy (non-hydrogen) atoms. The van der Waals surface area contributed by atoms with E-state index in [4.69, 9.17) is 14.2 Å². The van der Waals surface area contributed by atoms with Crippen molar-refractivity contribution < 1.29 is 28.6 Å². The van der Waals surface area contributed by atoms with Crippen LogP contribution in [0.5, 0.6) is 0 Å². The zero-order valence-electron chi connectivity index (χ0n) is 21.3. The van der Waals surface area contributed by atoms with Crippen LogP contribution >= 0.6 is 0 Å². The summed E-state index contributed by atoms with van der Waals surface area (Å²) in [6, 6.07) is 15.8. The Bertz CT molecular complexity index is 1150. The van der Waals surface area contributed by atoms with Crippen LogP contribution in [0.15, 0.2) is 66.4 Å². The van der Waals surface area contributed by atoms with Gasteiger partial charge in [-0.3, -0.25) is 0 Å². The van der Waals surface area contributed by atoms with E-state index in [2.05, 4.69) is 29.6 Å². The maximum Gasteiger partial charge on any atom is 0.350 e. The third-order valence-electron chi connectivity index (χ3n) is 6.51. The summed E-state index contributed by atoms with van der Waals surface area (Å²) in [7, 11) is 0. The van der Waals surface area contributed by atoms with Crippen molar-refractivity contribution in [2.45, 2.75) is 64.1 Å². The molecule has 7 nitrogen and oxygen atoms in total. The third kappa shape index (κ3) is 7.56. The van der Waals surface area contributed by atoms with Gasteiger partial charge in [-0.25, -0.2) is 14.4 Å². The van der Waals surface area contributed by atoms with E-state index in [0.29, 0.717) is 18.0 Å². The highest BCUT2D eigenvalue weighted by atomic mass is 16.7. The molecule has 7 heteroatoms. The van der Waals surface area contributed by atoms with Crippen LogP contribution < -0.4 is 5.32 Å². The lowest BCUT2D eigenvalue weighted by Gasteiger charge is -2.29. The van der Waals surface area contributed by atoms with Gasteiger partial charge in [0, 0.05) is 38.2 Å². The summed E-state index contributed by atoms with van der Waals surface area (Å²) in [6.07, 6.45) is 11.6. The third-order valence-corrected chi connectivity index (χ3v) is 6.51. The van der Waals surface area contributed by atoms with Gasteiger partial charge in [0.05, 0.1) is 6.61 Å². The van der Waals surface area contributed by atoms with Crippen molar-refractivity contribution in [3.8, 4) is 0 Å². The first-order chi connectivity index (χ1) is 17.8. The zero-order chi connectivity index (χ0) is 26.3. The van der Waals surface area contributed by atoms with Crippen LogP contribution in [0.1, 0.15) is 68.6 Å². The van der Waals surface area contributed by atoms with Crippen molar-refractivity contribution in [3.05, 3.63) is 83.1 Å². The Morgan fingerprint density at radius 2 is 1.62 bits per heavy atom. The standard InChI is InChI=1S/C30H33NO6/c1-30(2)36-28(33)26(29(34)37-30)20-31-25-15-10-22(11-16-25)18-19-35-27(32)17-12-21-8-13-24(14-9-21)23-6-4-3-5-7-23/h8-17,20,23,31H,3-7,18-19H2,1-2H3/b17-12+. The Hall–Kier alpha value is -3.87. The van der Waals surface area contributed by atoms with E-state index in [1.807, 2.05) is 12.1 Å². The number of cyclic esters (lactones) is 2. The number of carbonyl (C=O) groups is 3. The lowest BCUT2D eigenvalue weighted by molar-refractivity contribution is -0.222. The number of rotatable bonds is 8. The second-order valence-electron chi connectivity index (χ2n) is 9.83. The lowest BCUT2D eigenvalue weighted by Crippen LogP contribution is -2.42. The smallest absolute Gasteiger partial charge is 0.350 e. The van der Waals surface area contributed by atoms with E-state index < -0.39 is 17.7 Å². The van der Waals surface area contributed by atoms with Gasteiger partial charge >= 0.3 is 17.9 Å². The molecular formula is C30H33NO6. The molecule has 0 radical (unpaired) electrons. The summed E-state index contributed by atoms with van der Waals surface area (Å²) < 4.78 is 15.5. The Morgan fingerprint density at radius 1 is 0.973 bits per heavy atom. The minimum atomic E-state index is -1.27. The zero-order valence-corrected chi connectivity index (χ0v) is 21.3. The van der Waals surface area contributed by atoms with E-state index in [9.17, 15) is 14.4 Å². The molecule has 1 saturated heterocycles. The number of benzene rings is 2. The molecule has 0 bridgehead atoms. The molecule has 0 amide bonds. The fraction of sp³-hybridized carbons (Fsp3) is 0.367. The largest absolute Gasteiger partial charge is 0.462 e. The van der Waals surface area contributed by atoms with Gasteiger partial charge in [0.15, 0.2) is 5.57 Å². The first-order valence-corrected chi connectivity index (χ1v) is 12.8. The van der Waals surface area contributed by atoms with Crippen molar-refractivity contribution in [1.29, 1.82) is 0 Å². The molecule has 1 N–H and O–H groups in total. The van der Waals surface area contributed by atoms with Gasteiger partial charge < -0.3 is 19.5 Å². The summed E-state index contributed by atoms with van der Waals surface area (Å²) in [4.78, 5) is 36.1. The molecule has 0 unspecified atom stereocenters. The predicted octanol–water partition coefficient (Wildman–Crippen LogP) is 5.67. The van der Waals surface area contributed by atoms with E-state index in [1.165, 1.54) is 63.8 Å². The Labute approximate surface area is 217 Å². The number of hydrogen-bond acceptors (Lipinski definition) is 7. The molecule has 2 fully saturated rings. The molecule has 1 heterocycles. The van der Waals surface area contributed by atoms with Crippen LogP contribution in [0.25, 0.3) is 6.08 Å². The number of nitrogens with one attached hydrogen (secondary N) is 1. The molecule has 0 atom stereocenters. The number of anilines is 1. The molecule has 194 valence electrons. The SMILES string of the molecule is CC1(C)OC(=O)C(=CNc2ccc(CCOC(=O)/C=C/c3ccc(C4CCCCC4)cc3)cc2)C(=O)O1. The molecule has 4 rings (SSSR count). The van der Waals surface area contributed by atoms with E-state index in [-0.39, 0.29) is 18.1 Å². The fourth-order valence-corrected chi connectivity index (χ4v) is 4.50. The molecule has 2 aromatic rings. The van der Waals surface area contributed by atoms with Gasteiger partial charge in [0.1, 0.15) is 0 Å². The van der Waals surface area contributed by atoms with Crippen LogP contribution in [0.3, 0.4) is 0 Å². The normalized spacial score (nSPS) is 17.7. The molecule has 1 aliphatic carbocycles. The Morgan fingerprint density at radius 3 is 2.27 bits per heavy atom. The average Bonchev–Trinajstić information content (AvgIpc) is 2.88. The summed E-state index contributed by atoms with van der Waals surface area (Å²) in [6.45, 7) is 3.25. The second-order valence-corrected chi connectivity index (χ2v) is 9.83. The monoisotopic (exact) mass is 503 g/mol. The fourth-order valence-electron chi connectivity index (χ4n) is 4.50. The molecule has 2 aliphatic rings. The van der Waals surface area contributed by atoms with Crippen molar-refractivity contribution in [2.24, 2.45) is 0 Å². The van der Waals surface area contributed by atoms with Gasteiger partial charge in [-0.2, -0.15) is 0 Å². The molecule has 1 aliphatic heterocycles. The number of hydrogen-bond donors (Lipinski definition) is 1. The van der Waals surface area contributed by atoms with Crippen LogP contribution in [0, 0.1) is 0 Å². The van der Waals surface area contributed by atoms with Gasteiger partial charge in [0.25, 0.3) is 5.79 Å². The lowest BCUT2D eigenvalue weighted by atomic mass is 9.84. The summed E-state index contributed by atoms with van der Waals surface area (Å²) in [5.74, 6) is -2.46. The first-order valence-electron chi connectivity index (χ1n) is 12.8. The molecule has 0 aromatic heterocycles. The van der Waals surface area contributed by atoms with Crippen LogP contribution in [0.4, 0.5) is 5.69 Å². The van der Waals surface area contributed by atoms with E-state index >= 15 is 0 Å². The van der Waals surface area contributed by atoms with Crippen LogP contribution in [-0.2, 0) is 35.0 Å². The Balaban J connectivity index is 1.20. The van der Waals surface area contributed by atoms with E-state index in [1.54, 1.807) is 18.2 Å². The molecule has 0 spiro atoms. The number of carbonyl (C=O) groups excluding carboxylic acids is 3. The van der Waals surface area contributed by atoms with Crippen molar-refractivity contribution in [1.82, 2.24) is 0 Å². The maximum atomic E-state index is 12.1. The highest BCUT2D eigenvalue weighted by Crippen LogP contribution is 2.32. The summed E-state index contributed by atoms with van der Waals surface area (Å²) in [5, 5.41) is 2.90. The average molecular weight is 504 g/mol. The van der Waals surface area contributed by atoms with Gasteiger partial charge in [-0.1, -0.05) is 55.7 Å². The topological polar surface area (TPSA) is 90.9 Å². The summed E-state index contributed by atoms with van der Waals surface area (Å²) >= 11 is 0. The first kappa shape index (κ1) is 26.2. The van der Waals surface area contributed by atoms with Crippen LogP contribution in [-0.4, -0.2) is 30.3 Å². The predicted molar refractivity (Wildman–Crippen MR) is 140 cm³/mol. The minimum Gasteiger partial charge on any atom is -0.462 e. The quantitative estimate of drug-likeness (QED) is 0.282. The number of ether oxygens (including phenoxy) is 3. The molecule has 2 aromatic carbocycles. The van der Waals surface area contributed by atoms with Gasteiger partial charge in [0.2, 0.25) is 0 Å². The van der Waals surface area contributed by atoms with Crippen LogP contribution in [0.2, 0.25) is 0 Å². The summed E-state index contributed by atoms with van der Waals surface area (Å²) in [5.41, 5.74) is 3.82. The maximum absolute atomic E-state index is 12.1. The van der Waals surface area contributed by atoms with Crippen molar-refractivity contribution in [3.63, 3.8) is 0 Å². The highest BCUT2D eigenvalue weighted by Gasteiger charge is 2.38. The second kappa shape index (κ2) is 11.9. The minimum absolute atomic E-state index is 0.205.